The molecule has 0 spiro atoms. The molecule has 1 fully saturated rings. The number of aromatic nitrogens is 4. The number of nitrogens with zero attached hydrogens (tertiary/aromatic N) is 5. The van der Waals surface area contributed by atoms with Crippen LogP contribution in [-0.2, 0) is 6.54 Å². The Morgan fingerprint density at radius 1 is 1.33 bits per heavy atom. The predicted octanol–water partition coefficient (Wildman–Crippen LogP) is 1.92. The lowest BCUT2D eigenvalue weighted by molar-refractivity contribution is 0.0409. The quantitative estimate of drug-likeness (QED) is 0.796. The van der Waals surface area contributed by atoms with Crippen molar-refractivity contribution in [2.45, 2.75) is 25.5 Å². The minimum Gasteiger partial charge on any atom is -0.386 e. The second-order valence-corrected chi connectivity index (χ2v) is 6.44. The first-order valence-corrected chi connectivity index (χ1v) is 7.91. The molecule has 0 radical (unpaired) electrons. The van der Waals surface area contributed by atoms with Crippen molar-refractivity contribution >= 4 is 16.6 Å². The maximum Gasteiger partial charge on any atom is 0.124 e. The van der Waals surface area contributed by atoms with Crippen LogP contribution in [0.1, 0.15) is 12.1 Å². The highest BCUT2D eigenvalue weighted by molar-refractivity contribution is 5.92. The molecule has 0 aliphatic carbocycles. The summed E-state index contributed by atoms with van der Waals surface area (Å²) in [5.74, 6) is -0.286. The van der Waals surface area contributed by atoms with Crippen molar-refractivity contribution in [3.63, 3.8) is 0 Å². The van der Waals surface area contributed by atoms with Gasteiger partial charge in [0.25, 0.3) is 0 Å². The molecule has 7 heteroatoms. The summed E-state index contributed by atoms with van der Waals surface area (Å²) >= 11 is 0. The molecule has 6 nitrogen and oxygen atoms in total. The standard InChI is InChI=1S/C17H18FN5O/c1-12-8-16(14-9-13(18)2-3-15(14)20-12)22-6-4-17(24,10-22)11-23-7-5-19-21-23/h2-3,5,7-9,24H,4,6,10-11H2,1H3. The van der Waals surface area contributed by atoms with Crippen LogP contribution in [0.4, 0.5) is 10.1 Å². The summed E-state index contributed by atoms with van der Waals surface area (Å²) in [6, 6.07) is 6.57. The Bertz CT molecular complexity index is 882. The summed E-state index contributed by atoms with van der Waals surface area (Å²) in [7, 11) is 0. The van der Waals surface area contributed by atoms with E-state index >= 15 is 0 Å². The van der Waals surface area contributed by atoms with Gasteiger partial charge in [0.2, 0.25) is 0 Å². The first-order valence-electron chi connectivity index (χ1n) is 7.91. The fourth-order valence-electron chi connectivity index (χ4n) is 3.38. The molecule has 2 aromatic heterocycles. The van der Waals surface area contributed by atoms with Gasteiger partial charge in [0.1, 0.15) is 11.4 Å². The second kappa shape index (κ2) is 5.52. The predicted molar refractivity (Wildman–Crippen MR) is 88.2 cm³/mol. The monoisotopic (exact) mass is 327 g/mol. The van der Waals surface area contributed by atoms with Crippen LogP contribution in [0, 0.1) is 12.7 Å². The van der Waals surface area contributed by atoms with E-state index in [1.165, 1.54) is 12.1 Å². The zero-order chi connectivity index (χ0) is 16.7. The average molecular weight is 327 g/mol. The van der Waals surface area contributed by atoms with E-state index < -0.39 is 5.60 Å². The van der Waals surface area contributed by atoms with Crippen molar-refractivity contribution in [3.8, 4) is 0 Å². The zero-order valence-electron chi connectivity index (χ0n) is 13.4. The molecule has 1 atom stereocenters. The van der Waals surface area contributed by atoms with Gasteiger partial charge < -0.3 is 10.0 Å². The molecule has 3 aromatic rings. The molecule has 0 saturated carbocycles. The number of aryl methyl sites for hydroxylation is 1. The number of halogens is 1. The van der Waals surface area contributed by atoms with Crippen LogP contribution in [0.2, 0.25) is 0 Å². The van der Waals surface area contributed by atoms with E-state index in [0.29, 0.717) is 26.1 Å². The maximum atomic E-state index is 13.7. The Morgan fingerprint density at radius 3 is 3.00 bits per heavy atom. The average Bonchev–Trinajstić information content (AvgIpc) is 3.17. The highest BCUT2D eigenvalue weighted by Gasteiger charge is 2.37. The highest BCUT2D eigenvalue weighted by Crippen LogP contribution is 2.33. The summed E-state index contributed by atoms with van der Waals surface area (Å²) in [4.78, 5) is 6.56. The van der Waals surface area contributed by atoms with Gasteiger partial charge in [0.05, 0.1) is 18.3 Å². The van der Waals surface area contributed by atoms with Crippen molar-refractivity contribution in [1.82, 2.24) is 20.0 Å². The van der Waals surface area contributed by atoms with E-state index in [0.717, 1.165) is 22.3 Å². The number of β-amino-alcohol motifs (C(OH)–C–C–N with tert-alkyl or cyclic N) is 1. The van der Waals surface area contributed by atoms with Crippen LogP contribution in [0.15, 0.2) is 36.7 Å². The number of benzene rings is 1. The van der Waals surface area contributed by atoms with Crippen molar-refractivity contribution < 1.29 is 9.50 Å². The molecular formula is C17H18FN5O. The molecule has 1 unspecified atom stereocenters. The van der Waals surface area contributed by atoms with Gasteiger partial charge in [-0.2, -0.15) is 0 Å². The number of rotatable bonds is 3. The third-order valence-corrected chi connectivity index (χ3v) is 4.48. The second-order valence-electron chi connectivity index (χ2n) is 6.44. The molecule has 1 aliphatic rings. The van der Waals surface area contributed by atoms with Gasteiger partial charge in [-0.1, -0.05) is 5.21 Å². The van der Waals surface area contributed by atoms with Crippen molar-refractivity contribution in [2.24, 2.45) is 0 Å². The van der Waals surface area contributed by atoms with Crippen LogP contribution in [0.3, 0.4) is 0 Å². The van der Waals surface area contributed by atoms with Gasteiger partial charge >= 0.3 is 0 Å². The minimum atomic E-state index is -0.884. The van der Waals surface area contributed by atoms with Crippen LogP contribution < -0.4 is 4.90 Å². The molecular weight excluding hydrogens is 309 g/mol. The zero-order valence-corrected chi connectivity index (χ0v) is 13.4. The fourth-order valence-corrected chi connectivity index (χ4v) is 3.38. The Kier molecular flexibility index (Phi) is 3.45. The number of hydrogen-bond acceptors (Lipinski definition) is 5. The number of aliphatic hydroxyl groups is 1. The topological polar surface area (TPSA) is 67.1 Å². The summed E-state index contributed by atoms with van der Waals surface area (Å²) in [6.45, 7) is 3.46. The molecule has 1 saturated heterocycles. The Labute approximate surface area is 138 Å². The molecule has 1 aromatic carbocycles. The summed E-state index contributed by atoms with van der Waals surface area (Å²) in [5.41, 5.74) is 1.66. The molecule has 3 heterocycles. The number of fused-ring (bicyclic) bond motifs is 1. The number of anilines is 1. The molecule has 0 amide bonds. The van der Waals surface area contributed by atoms with Crippen molar-refractivity contribution in [2.75, 3.05) is 18.0 Å². The number of hydrogen-bond donors (Lipinski definition) is 1. The van der Waals surface area contributed by atoms with Gasteiger partial charge in [-0.25, -0.2) is 9.07 Å². The first kappa shape index (κ1) is 15.0. The Balaban J connectivity index is 1.67. The van der Waals surface area contributed by atoms with E-state index in [-0.39, 0.29) is 5.82 Å². The normalized spacial score (nSPS) is 20.9. The lowest BCUT2D eigenvalue weighted by Gasteiger charge is -2.25. The van der Waals surface area contributed by atoms with E-state index in [2.05, 4.69) is 20.2 Å². The summed E-state index contributed by atoms with van der Waals surface area (Å²) < 4.78 is 15.3. The van der Waals surface area contributed by atoms with Crippen LogP contribution in [0.25, 0.3) is 10.9 Å². The van der Waals surface area contributed by atoms with Crippen LogP contribution in [0.5, 0.6) is 0 Å². The molecule has 0 bridgehead atoms. The third kappa shape index (κ3) is 2.71. The SMILES string of the molecule is Cc1cc(N2CCC(O)(Cn3ccnn3)C2)c2cc(F)ccc2n1. The van der Waals surface area contributed by atoms with E-state index in [4.69, 9.17) is 0 Å². The van der Waals surface area contributed by atoms with E-state index in [9.17, 15) is 9.50 Å². The van der Waals surface area contributed by atoms with Crippen LogP contribution in [-0.4, -0.2) is 43.8 Å². The van der Waals surface area contributed by atoms with Crippen LogP contribution >= 0.6 is 0 Å². The van der Waals surface area contributed by atoms with E-state index in [1.54, 1.807) is 23.1 Å². The van der Waals surface area contributed by atoms with Gasteiger partial charge in [0, 0.05) is 36.1 Å². The largest absolute Gasteiger partial charge is 0.386 e. The summed E-state index contributed by atoms with van der Waals surface area (Å²) in [6.07, 6.45) is 3.95. The molecule has 124 valence electrons. The van der Waals surface area contributed by atoms with Gasteiger partial charge in [-0.15, -0.1) is 5.10 Å². The van der Waals surface area contributed by atoms with Gasteiger partial charge in [0.15, 0.2) is 0 Å². The highest BCUT2D eigenvalue weighted by atomic mass is 19.1. The first-order chi connectivity index (χ1) is 11.5. The minimum absolute atomic E-state index is 0.286. The smallest absolute Gasteiger partial charge is 0.124 e. The molecule has 24 heavy (non-hydrogen) atoms. The fraction of sp³-hybridized carbons (Fsp3) is 0.353. The molecule has 4 rings (SSSR count). The lowest BCUT2D eigenvalue weighted by atomic mass is 10.0. The third-order valence-electron chi connectivity index (χ3n) is 4.48. The van der Waals surface area contributed by atoms with Gasteiger partial charge in [-0.05, 0) is 37.6 Å². The lowest BCUT2D eigenvalue weighted by Crippen LogP contribution is -2.38. The molecule has 1 N–H and O–H groups in total. The Morgan fingerprint density at radius 2 is 2.21 bits per heavy atom. The van der Waals surface area contributed by atoms with Gasteiger partial charge in [-0.3, -0.25) is 4.98 Å². The number of pyridine rings is 1. The van der Waals surface area contributed by atoms with Crippen molar-refractivity contribution in [3.05, 3.63) is 48.2 Å². The van der Waals surface area contributed by atoms with Crippen molar-refractivity contribution in [1.29, 1.82) is 0 Å². The molecule has 1 aliphatic heterocycles. The Hall–Kier alpha value is -2.54. The van der Waals surface area contributed by atoms with E-state index in [1.807, 2.05) is 13.0 Å². The maximum absolute atomic E-state index is 13.7. The summed E-state index contributed by atoms with van der Waals surface area (Å²) in [5, 5.41) is 19.3.